The number of benzene rings is 1. The molecule has 3 heteroatoms. The van der Waals surface area contributed by atoms with Crippen LogP contribution in [-0.2, 0) is 21.4 Å². The Bertz CT molecular complexity index is 428. The van der Waals surface area contributed by atoms with Gasteiger partial charge in [0, 0.05) is 11.5 Å². The topological polar surface area (TPSA) is 52.3 Å². The number of nitrogens with two attached hydrogens (primary N) is 1. The van der Waals surface area contributed by atoms with Crippen molar-refractivity contribution >= 4 is 5.97 Å². The highest BCUT2D eigenvalue weighted by molar-refractivity contribution is 5.72. The molecule has 0 aliphatic heterocycles. The molecule has 2 N–H and O–H groups in total. The summed E-state index contributed by atoms with van der Waals surface area (Å²) in [5.74, 6) is -0.181. The van der Waals surface area contributed by atoms with Crippen LogP contribution in [0.25, 0.3) is 0 Å². The summed E-state index contributed by atoms with van der Waals surface area (Å²) >= 11 is 0. The van der Waals surface area contributed by atoms with Crippen molar-refractivity contribution < 1.29 is 9.53 Å². The normalized spacial score (nSPS) is 24.2. The predicted octanol–water partition coefficient (Wildman–Crippen LogP) is 1.78. The molecule has 3 nitrogen and oxygen atoms in total. The monoisotopic (exact) mass is 233 g/mol. The van der Waals surface area contributed by atoms with E-state index < -0.39 is 0 Å². The van der Waals surface area contributed by atoms with E-state index in [4.69, 9.17) is 10.5 Å². The molecule has 0 saturated heterocycles. The Labute approximate surface area is 102 Å². The number of hydrogen-bond acceptors (Lipinski definition) is 3. The van der Waals surface area contributed by atoms with Crippen molar-refractivity contribution in [3.63, 3.8) is 0 Å². The van der Waals surface area contributed by atoms with Gasteiger partial charge < -0.3 is 10.5 Å². The standard InChI is InChI=1S/C14H19NO2/c1-10(15)14(9-13(16)17-2)8-7-11-5-3-4-6-12(11)14/h3-6,10H,7-9,15H2,1-2H3. The molecule has 0 saturated carbocycles. The average molecular weight is 233 g/mol. The summed E-state index contributed by atoms with van der Waals surface area (Å²) in [7, 11) is 1.43. The van der Waals surface area contributed by atoms with E-state index in [0.29, 0.717) is 6.42 Å². The maximum atomic E-state index is 11.6. The molecule has 0 spiro atoms. The summed E-state index contributed by atoms with van der Waals surface area (Å²) in [6, 6.07) is 8.21. The quantitative estimate of drug-likeness (QED) is 0.810. The Morgan fingerprint density at radius 2 is 2.24 bits per heavy atom. The van der Waals surface area contributed by atoms with Crippen molar-refractivity contribution in [3.05, 3.63) is 35.4 Å². The van der Waals surface area contributed by atoms with Crippen molar-refractivity contribution in [2.75, 3.05) is 7.11 Å². The van der Waals surface area contributed by atoms with Crippen LogP contribution < -0.4 is 5.73 Å². The molecule has 1 aliphatic carbocycles. The minimum Gasteiger partial charge on any atom is -0.469 e. The third-order valence-electron chi connectivity index (χ3n) is 3.95. The van der Waals surface area contributed by atoms with Crippen molar-refractivity contribution in [2.24, 2.45) is 5.73 Å². The Morgan fingerprint density at radius 1 is 1.53 bits per heavy atom. The van der Waals surface area contributed by atoms with Crippen molar-refractivity contribution in [1.82, 2.24) is 0 Å². The Hall–Kier alpha value is -1.35. The number of aryl methyl sites for hydroxylation is 1. The van der Waals surface area contributed by atoms with Gasteiger partial charge in [-0.25, -0.2) is 0 Å². The lowest BCUT2D eigenvalue weighted by Crippen LogP contribution is -2.43. The highest BCUT2D eigenvalue weighted by Crippen LogP contribution is 2.43. The molecule has 0 heterocycles. The van der Waals surface area contributed by atoms with Crippen molar-refractivity contribution in [3.8, 4) is 0 Å². The Morgan fingerprint density at radius 3 is 2.88 bits per heavy atom. The predicted molar refractivity (Wildman–Crippen MR) is 66.7 cm³/mol. The van der Waals surface area contributed by atoms with Gasteiger partial charge in [-0.1, -0.05) is 24.3 Å². The van der Waals surface area contributed by atoms with E-state index in [-0.39, 0.29) is 17.4 Å². The van der Waals surface area contributed by atoms with Crippen LogP contribution in [0.5, 0.6) is 0 Å². The molecule has 2 unspecified atom stereocenters. The summed E-state index contributed by atoms with van der Waals surface area (Å²) in [4.78, 5) is 11.6. The molecule has 1 aromatic rings. The first-order valence-electron chi connectivity index (χ1n) is 6.01. The number of carbonyl (C=O) groups excluding carboxylic acids is 1. The Kier molecular flexibility index (Phi) is 3.20. The lowest BCUT2D eigenvalue weighted by atomic mass is 9.73. The maximum absolute atomic E-state index is 11.6. The lowest BCUT2D eigenvalue weighted by Gasteiger charge is -2.33. The van der Waals surface area contributed by atoms with E-state index in [9.17, 15) is 4.79 Å². The number of methoxy groups -OCH3 is 1. The fraction of sp³-hybridized carbons (Fsp3) is 0.500. The van der Waals surface area contributed by atoms with Crippen molar-refractivity contribution in [2.45, 2.75) is 37.6 Å². The largest absolute Gasteiger partial charge is 0.469 e. The number of carbonyl (C=O) groups is 1. The van der Waals surface area contributed by atoms with E-state index in [1.165, 1.54) is 18.2 Å². The lowest BCUT2D eigenvalue weighted by molar-refractivity contribution is -0.142. The molecule has 2 atom stereocenters. The zero-order valence-electron chi connectivity index (χ0n) is 10.4. The molecule has 0 fully saturated rings. The van der Waals surface area contributed by atoms with Gasteiger partial charge in [-0.05, 0) is 30.9 Å². The SMILES string of the molecule is COC(=O)CC1(C(C)N)CCc2ccccc21. The molecular weight excluding hydrogens is 214 g/mol. The highest BCUT2D eigenvalue weighted by Gasteiger charge is 2.43. The zero-order chi connectivity index (χ0) is 12.5. The average Bonchev–Trinajstić information content (AvgIpc) is 2.70. The fourth-order valence-corrected chi connectivity index (χ4v) is 2.86. The van der Waals surface area contributed by atoms with Crippen LogP contribution in [0.3, 0.4) is 0 Å². The molecule has 1 aromatic carbocycles. The summed E-state index contributed by atoms with van der Waals surface area (Å²) < 4.78 is 4.81. The molecule has 0 aromatic heterocycles. The van der Waals surface area contributed by atoms with Gasteiger partial charge in [0.05, 0.1) is 13.5 Å². The smallest absolute Gasteiger partial charge is 0.306 e. The molecule has 0 bridgehead atoms. The first-order chi connectivity index (χ1) is 8.10. The minimum absolute atomic E-state index is 0.0507. The van der Waals surface area contributed by atoms with Gasteiger partial charge >= 0.3 is 5.97 Å². The minimum atomic E-state index is -0.246. The summed E-state index contributed by atoms with van der Waals surface area (Å²) in [6.07, 6.45) is 2.30. The van der Waals surface area contributed by atoms with Gasteiger partial charge in [-0.2, -0.15) is 0 Å². The van der Waals surface area contributed by atoms with E-state index in [0.717, 1.165) is 12.8 Å². The molecule has 0 amide bonds. The van der Waals surface area contributed by atoms with Crippen LogP contribution in [0, 0.1) is 0 Å². The second kappa shape index (κ2) is 4.49. The van der Waals surface area contributed by atoms with Gasteiger partial charge in [0.1, 0.15) is 0 Å². The molecular formula is C14H19NO2. The van der Waals surface area contributed by atoms with E-state index >= 15 is 0 Å². The maximum Gasteiger partial charge on any atom is 0.306 e. The van der Waals surface area contributed by atoms with Crippen LogP contribution in [0.1, 0.15) is 30.9 Å². The van der Waals surface area contributed by atoms with Gasteiger partial charge in [-0.3, -0.25) is 4.79 Å². The number of ether oxygens (including phenoxy) is 1. The van der Waals surface area contributed by atoms with Crippen LogP contribution in [0.2, 0.25) is 0 Å². The van der Waals surface area contributed by atoms with E-state index in [1.54, 1.807) is 0 Å². The summed E-state index contributed by atoms with van der Waals surface area (Å²) in [5, 5.41) is 0. The third kappa shape index (κ3) is 1.95. The Balaban J connectivity index is 2.41. The van der Waals surface area contributed by atoms with Crippen molar-refractivity contribution in [1.29, 1.82) is 0 Å². The van der Waals surface area contributed by atoms with E-state index in [2.05, 4.69) is 12.1 Å². The number of fused-ring (bicyclic) bond motifs is 1. The number of hydrogen-bond donors (Lipinski definition) is 1. The zero-order valence-corrected chi connectivity index (χ0v) is 10.4. The van der Waals surface area contributed by atoms with E-state index in [1.807, 2.05) is 19.1 Å². The molecule has 1 aliphatic rings. The first kappa shape index (κ1) is 12.1. The fourth-order valence-electron chi connectivity index (χ4n) is 2.86. The van der Waals surface area contributed by atoms with Gasteiger partial charge in [0.2, 0.25) is 0 Å². The summed E-state index contributed by atoms with van der Waals surface area (Å²) in [5.41, 5.74) is 8.43. The molecule has 17 heavy (non-hydrogen) atoms. The van der Waals surface area contributed by atoms with Crippen LogP contribution in [0.4, 0.5) is 0 Å². The number of esters is 1. The summed E-state index contributed by atoms with van der Waals surface area (Å²) in [6.45, 7) is 1.98. The molecule has 0 radical (unpaired) electrons. The van der Waals surface area contributed by atoms with Gasteiger partial charge in [0.25, 0.3) is 0 Å². The van der Waals surface area contributed by atoms with Gasteiger partial charge in [-0.15, -0.1) is 0 Å². The second-order valence-corrected chi connectivity index (χ2v) is 4.85. The first-order valence-corrected chi connectivity index (χ1v) is 6.01. The second-order valence-electron chi connectivity index (χ2n) is 4.85. The van der Waals surface area contributed by atoms with Crippen LogP contribution in [-0.4, -0.2) is 19.1 Å². The molecule has 92 valence electrons. The third-order valence-corrected chi connectivity index (χ3v) is 3.95. The number of rotatable bonds is 3. The highest BCUT2D eigenvalue weighted by atomic mass is 16.5. The van der Waals surface area contributed by atoms with Gasteiger partial charge in [0.15, 0.2) is 0 Å². The molecule has 2 rings (SSSR count). The van der Waals surface area contributed by atoms with Crippen LogP contribution >= 0.6 is 0 Å². The van der Waals surface area contributed by atoms with Crippen LogP contribution in [0.15, 0.2) is 24.3 Å².